The molecule has 2 aliphatic heterocycles. The fraction of sp³-hybridized carbons (Fsp3) is 0.348. The fourth-order valence-electron chi connectivity index (χ4n) is 6.78. The first-order valence-corrected chi connectivity index (χ1v) is 13.6. The van der Waals surface area contributed by atoms with Gasteiger partial charge >= 0.3 is 4.87 Å². The molecule has 5 unspecified atom stereocenters. The average Bonchev–Trinajstić information content (AvgIpc) is 3.61. The summed E-state index contributed by atoms with van der Waals surface area (Å²) in [4.78, 5) is 56.4. The van der Waals surface area contributed by atoms with Gasteiger partial charge in [0.15, 0.2) is 0 Å². The topological polar surface area (TPSA) is 113 Å². The first-order valence-electron chi connectivity index (χ1n) is 11.0. The summed E-state index contributed by atoms with van der Waals surface area (Å²) < 4.78 is 0. The third-order valence-electron chi connectivity index (χ3n) is 7.89. The minimum Gasteiger partial charge on any atom is -0.307 e. The molecule has 7 atom stereocenters. The summed E-state index contributed by atoms with van der Waals surface area (Å²) in [5.41, 5.74) is 0.313. The molecule has 172 valence electrons. The van der Waals surface area contributed by atoms with Crippen LogP contribution in [0.4, 0.5) is 11.4 Å². The summed E-state index contributed by atoms with van der Waals surface area (Å²) in [6.45, 7) is 0. The molecule has 0 spiro atoms. The monoisotopic (exact) mass is 511 g/mol. The maximum Gasteiger partial charge on any atom is 0.305 e. The number of anilines is 1. The van der Waals surface area contributed by atoms with Crippen molar-refractivity contribution in [3.8, 4) is 0 Å². The number of imide groups is 1. The molecule has 0 radical (unpaired) electrons. The number of thiazole rings is 1. The van der Waals surface area contributed by atoms with E-state index >= 15 is 0 Å². The van der Waals surface area contributed by atoms with Gasteiger partial charge in [-0.3, -0.25) is 29.4 Å². The molecule has 11 heteroatoms. The van der Waals surface area contributed by atoms with E-state index in [0.717, 1.165) is 16.3 Å². The van der Waals surface area contributed by atoms with Crippen molar-refractivity contribution in [3.63, 3.8) is 0 Å². The van der Waals surface area contributed by atoms with Crippen molar-refractivity contribution < 1.29 is 14.5 Å². The number of rotatable bonds is 3. The van der Waals surface area contributed by atoms with E-state index in [0.29, 0.717) is 5.69 Å². The van der Waals surface area contributed by atoms with E-state index in [-0.39, 0.29) is 63.1 Å². The molecule has 4 aliphatic rings. The van der Waals surface area contributed by atoms with Crippen LogP contribution in [0, 0.1) is 39.7 Å². The number of thioether (sulfide) groups is 1. The number of carbonyl (C=O) groups is 2. The zero-order chi connectivity index (χ0) is 23.3. The van der Waals surface area contributed by atoms with E-state index in [9.17, 15) is 24.5 Å². The quantitative estimate of drug-likeness (QED) is 0.322. The van der Waals surface area contributed by atoms with Crippen LogP contribution in [0.25, 0.3) is 0 Å². The smallest absolute Gasteiger partial charge is 0.305 e. The normalized spacial score (nSPS) is 33.2. The molecule has 3 fully saturated rings. The number of aromatic nitrogens is 1. The molecular formula is C23H17N3O5S3. The zero-order valence-electron chi connectivity index (χ0n) is 17.5. The second-order valence-corrected chi connectivity index (χ2v) is 12.4. The summed E-state index contributed by atoms with van der Waals surface area (Å²) in [5, 5.41) is 14.1. The highest BCUT2D eigenvalue weighted by Crippen LogP contribution is 2.68. The van der Waals surface area contributed by atoms with E-state index in [1.807, 2.05) is 11.4 Å². The van der Waals surface area contributed by atoms with Crippen molar-refractivity contribution in [1.82, 2.24) is 4.98 Å². The number of nitrogens with one attached hydrogen (secondary N) is 1. The Labute approximate surface area is 205 Å². The lowest BCUT2D eigenvalue weighted by molar-refractivity contribution is -0.384. The predicted octanol–water partition coefficient (Wildman–Crippen LogP) is 4.08. The van der Waals surface area contributed by atoms with Gasteiger partial charge in [-0.25, -0.2) is 0 Å². The Kier molecular flexibility index (Phi) is 4.32. The number of nitro groups is 1. The molecule has 2 amide bonds. The van der Waals surface area contributed by atoms with Gasteiger partial charge in [0.25, 0.3) is 5.69 Å². The predicted molar refractivity (Wildman–Crippen MR) is 128 cm³/mol. The standard InChI is InChI=1S/C23H17N3O5S3/c27-21-15-11-8-12(16(15)22(28)25(21)9-3-5-10(6-4-9)26(30)31)18-14(11)17(13-2-1-7-32-13)19-20(33-18)24-23(29)34-19/h1-7,11-12,14-18H,8H2,(H,24,29)/t11-,12-,14?,15?,16?,17?,18?/m1/s1. The van der Waals surface area contributed by atoms with Crippen molar-refractivity contribution in [2.45, 2.75) is 22.6 Å². The summed E-state index contributed by atoms with van der Waals surface area (Å²) in [6, 6.07) is 9.74. The highest BCUT2D eigenvalue weighted by molar-refractivity contribution is 8.00. The Balaban J connectivity index is 1.29. The molecule has 1 aromatic carbocycles. The summed E-state index contributed by atoms with van der Waals surface area (Å²) in [5.74, 6) is -0.801. The Hall–Kier alpha value is -2.76. The van der Waals surface area contributed by atoms with Gasteiger partial charge in [0.1, 0.15) is 0 Å². The van der Waals surface area contributed by atoms with Crippen LogP contribution in [0.15, 0.2) is 51.6 Å². The molecule has 3 aromatic rings. The maximum absolute atomic E-state index is 13.6. The van der Waals surface area contributed by atoms with Gasteiger partial charge in [-0.2, -0.15) is 0 Å². The Bertz CT molecular complexity index is 1410. The number of H-pyrrole nitrogens is 1. The molecule has 2 bridgehead atoms. The number of nitro benzene ring substituents is 1. The van der Waals surface area contributed by atoms with Crippen LogP contribution in [-0.4, -0.2) is 27.0 Å². The molecule has 2 aromatic heterocycles. The highest BCUT2D eigenvalue weighted by Gasteiger charge is 2.69. The lowest BCUT2D eigenvalue weighted by atomic mass is 9.69. The Morgan fingerprint density at radius 2 is 1.76 bits per heavy atom. The molecule has 2 aliphatic carbocycles. The number of benzene rings is 1. The van der Waals surface area contributed by atoms with Gasteiger partial charge in [0.05, 0.1) is 27.5 Å². The van der Waals surface area contributed by atoms with Crippen LogP contribution in [0.3, 0.4) is 0 Å². The molecule has 7 rings (SSSR count). The van der Waals surface area contributed by atoms with Crippen molar-refractivity contribution >= 4 is 57.6 Å². The van der Waals surface area contributed by atoms with E-state index in [1.165, 1.54) is 45.4 Å². The van der Waals surface area contributed by atoms with Gasteiger partial charge in [-0.1, -0.05) is 17.4 Å². The molecule has 34 heavy (non-hydrogen) atoms. The molecule has 1 N–H and O–H groups in total. The van der Waals surface area contributed by atoms with Crippen LogP contribution in [-0.2, 0) is 9.59 Å². The number of aromatic amines is 1. The van der Waals surface area contributed by atoms with E-state index in [1.54, 1.807) is 23.1 Å². The van der Waals surface area contributed by atoms with E-state index in [2.05, 4.69) is 11.1 Å². The van der Waals surface area contributed by atoms with Crippen LogP contribution >= 0.6 is 34.4 Å². The number of nitrogens with zero attached hydrogens (tertiary/aromatic N) is 2. The number of amides is 2. The summed E-state index contributed by atoms with van der Waals surface area (Å²) in [7, 11) is 0. The van der Waals surface area contributed by atoms with E-state index in [4.69, 9.17) is 0 Å². The summed E-state index contributed by atoms with van der Waals surface area (Å²) >= 11 is 4.60. The van der Waals surface area contributed by atoms with Crippen molar-refractivity contribution in [3.05, 3.63) is 71.3 Å². The number of fused-ring (bicyclic) bond motifs is 9. The number of hydrogen-bond donors (Lipinski definition) is 1. The van der Waals surface area contributed by atoms with Gasteiger partial charge in [-0.15, -0.1) is 23.1 Å². The third-order valence-corrected chi connectivity index (χ3v) is 11.4. The minimum atomic E-state index is -0.498. The van der Waals surface area contributed by atoms with Crippen molar-refractivity contribution in [2.24, 2.45) is 29.6 Å². The molecule has 2 saturated carbocycles. The first-order chi connectivity index (χ1) is 16.4. The van der Waals surface area contributed by atoms with E-state index < -0.39 is 4.92 Å². The maximum atomic E-state index is 13.6. The van der Waals surface area contributed by atoms with Crippen LogP contribution < -0.4 is 9.77 Å². The number of thiophene rings is 1. The summed E-state index contributed by atoms with van der Waals surface area (Å²) in [6.07, 6.45) is 0.838. The SMILES string of the molecule is O=C1C2C(C(=O)N1c1ccc([N+](=O)[O-])cc1)[C@@H]1C[C@H]2C2Sc3[nH]c(=O)sc3C(c3cccs3)C21. The minimum absolute atomic E-state index is 0.0532. The number of non-ortho nitro benzene ring substituents is 1. The van der Waals surface area contributed by atoms with Crippen molar-refractivity contribution in [2.75, 3.05) is 4.90 Å². The van der Waals surface area contributed by atoms with Crippen LogP contribution in [0.2, 0.25) is 0 Å². The van der Waals surface area contributed by atoms with Gasteiger partial charge in [0, 0.05) is 33.1 Å². The lowest BCUT2D eigenvalue weighted by Crippen LogP contribution is -2.42. The van der Waals surface area contributed by atoms with Crippen molar-refractivity contribution in [1.29, 1.82) is 0 Å². The van der Waals surface area contributed by atoms with Gasteiger partial charge in [-0.05, 0) is 47.8 Å². The van der Waals surface area contributed by atoms with Gasteiger partial charge < -0.3 is 4.98 Å². The molecule has 4 heterocycles. The highest BCUT2D eigenvalue weighted by atomic mass is 32.2. The molecule has 8 nitrogen and oxygen atoms in total. The van der Waals surface area contributed by atoms with Crippen LogP contribution in [0.5, 0.6) is 0 Å². The average molecular weight is 512 g/mol. The lowest BCUT2D eigenvalue weighted by Gasteiger charge is -2.42. The number of carbonyl (C=O) groups excluding carboxylic acids is 2. The molecule has 1 saturated heterocycles. The van der Waals surface area contributed by atoms with Crippen LogP contribution in [0.1, 0.15) is 22.1 Å². The largest absolute Gasteiger partial charge is 0.307 e. The fourth-order valence-corrected chi connectivity index (χ4v) is 10.6. The second-order valence-electron chi connectivity index (χ2n) is 9.26. The number of hydrogen-bond acceptors (Lipinski definition) is 8. The third kappa shape index (κ3) is 2.63. The Morgan fingerprint density at radius 1 is 1.03 bits per heavy atom. The zero-order valence-corrected chi connectivity index (χ0v) is 19.9. The first kappa shape index (κ1) is 20.6. The van der Waals surface area contributed by atoms with Gasteiger partial charge in [0.2, 0.25) is 11.8 Å². The molecular weight excluding hydrogens is 494 g/mol. The Morgan fingerprint density at radius 3 is 2.44 bits per heavy atom. The second kappa shape index (κ2) is 7.12.